The quantitative estimate of drug-likeness (QED) is 0.755. The third-order valence-corrected chi connectivity index (χ3v) is 4.13. The van der Waals surface area contributed by atoms with Crippen LogP contribution >= 0.6 is 0 Å². The maximum Gasteiger partial charge on any atom is 0.231 e. The zero-order valence-corrected chi connectivity index (χ0v) is 14.1. The number of nitrogens with one attached hydrogen (secondary N) is 1. The van der Waals surface area contributed by atoms with Gasteiger partial charge in [-0.1, -0.05) is 35.5 Å². The molecular weight excluding hydrogens is 320 g/mol. The number of aromatic amines is 1. The molecule has 2 aromatic heterocycles. The van der Waals surface area contributed by atoms with E-state index in [1.807, 2.05) is 25.1 Å². The fourth-order valence-electron chi connectivity index (χ4n) is 2.90. The Morgan fingerprint density at radius 1 is 1.24 bits per heavy atom. The molecule has 0 bridgehead atoms. The minimum absolute atomic E-state index is 0.130. The van der Waals surface area contributed by atoms with E-state index < -0.39 is 0 Å². The lowest BCUT2D eigenvalue weighted by molar-refractivity contribution is -0.0379. The lowest BCUT2D eigenvalue weighted by atomic mass is 10.1. The van der Waals surface area contributed by atoms with Crippen molar-refractivity contribution in [2.45, 2.75) is 26.0 Å². The molecule has 0 radical (unpaired) electrons. The third kappa shape index (κ3) is 3.92. The number of aryl methyl sites for hydroxylation is 1. The van der Waals surface area contributed by atoms with Crippen molar-refractivity contribution in [2.75, 3.05) is 19.7 Å². The number of hydrogen-bond donors (Lipinski definition) is 1. The van der Waals surface area contributed by atoms with Gasteiger partial charge in [-0.05, 0) is 12.5 Å². The second kappa shape index (κ2) is 7.12. The van der Waals surface area contributed by atoms with Gasteiger partial charge >= 0.3 is 0 Å². The van der Waals surface area contributed by atoms with Crippen LogP contribution in [0.1, 0.15) is 35.0 Å². The molecule has 1 aromatic carbocycles. The molecule has 0 aliphatic carbocycles. The molecule has 0 spiro atoms. The molecule has 8 nitrogen and oxygen atoms in total. The Morgan fingerprint density at radius 2 is 2.12 bits per heavy atom. The van der Waals surface area contributed by atoms with Gasteiger partial charge in [0.05, 0.1) is 19.6 Å². The Hall–Kier alpha value is -2.58. The summed E-state index contributed by atoms with van der Waals surface area (Å²) in [4.78, 5) is 11.1. The highest BCUT2D eigenvalue weighted by Crippen LogP contribution is 2.20. The van der Waals surface area contributed by atoms with Crippen LogP contribution < -0.4 is 0 Å². The normalized spacial score (nSPS) is 18.5. The van der Waals surface area contributed by atoms with E-state index in [4.69, 9.17) is 9.26 Å². The van der Waals surface area contributed by atoms with Gasteiger partial charge in [-0.25, -0.2) is 4.98 Å². The summed E-state index contributed by atoms with van der Waals surface area (Å²) in [5.74, 6) is 2.81. The van der Waals surface area contributed by atoms with E-state index in [2.05, 4.69) is 42.4 Å². The minimum Gasteiger partial charge on any atom is -0.367 e. The van der Waals surface area contributed by atoms with E-state index in [0.29, 0.717) is 43.7 Å². The van der Waals surface area contributed by atoms with E-state index >= 15 is 0 Å². The van der Waals surface area contributed by atoms with E-state index in [1.165, 1.54) is 0 Å². The topological polar surface area (TPSA) is 93.0 Å². The first-order chi connectivity index (χ1) is 12.3. The number of rotatable bonds is 5. The third-order valence-electron chi connectivity index (χ3n) is 4.13. The Morgan fingerprint density at radius 3 is 2.92 bits per heavy atom. The molecule has 0 unspecified atom stereocenters. The van der Waals surface area contributed by atoms with Crippen LogP contribution in [0.15, 0.2) is 34.9 Å². The van der Waals surface area contributed by atoms with Crippen LogP contribution in [0.2, 0.25) is 0 Å². The average Bonchev–Trinajstić information content (AvgIpc) is 3.25. The fraction of sp³-hybridized carbons (Fsp3) is 0.412. The van der Waals surface area contributed by atoms with Gasteiger partial charge < -0.3 is 9.26 Å². The Kier molecular flexibility index (Phi) is 4.53. The predicted octanol–water partition coefficient (Wildman–Crippen LogP) is 1.66. The second-order valence-electron chi connectivity index (χ2n) is 6.14. The molecule has 1 aliphatic heterocycles. The van der Waals surface area contributed by atoms with Gasteiger partial charge in [0.25, 0.3) is 0 Å². The molecular formula is C17H20N6O2. The summed E-state index contributed by atoms with van der Waals surface area (Å²) >= 11 is 0. The highest BCUT2D eigenvalue weighted by molar-refractivity contribution is 5.17. The van der Waals surface area contributed by atoms with Gasteiger partial charge in [0, 0.05) is 13.1 Å². The van der Waals surface area contributed by atoms with Crippen molar-refractivity contribution in [1.29, 1.82) is 0 Å². The number of morpholine rings is 1. The summed E-state index contributed by atoms with van der Waals surface area (Å²) in [6, 6.07) is 10.1. The number of hydrogen-bond acceptors (Lipinski definition) is 7. The minimum atomic E-state index is -0.130. The van der Waals surface area contributed by atoms with E-state index in [0.717, 1.165) is 17.9 Å². The summed E-state index contributed by atoms with van der Waals surface area (Å²) < 4.78 is 11.2. The monoisotopic (exact) mass is 340 g/mol. The van der Waals surface area contributed by atoms with Crippen molar-refractivity contribution < 1.29 is 9.26 Å². The molecule has 130 valence electrons. The van der Waals surface area contributed by atoms with Crippen LogP contribution in [0, 0.1) is 6.92 Å². The Labute approximate surface area is 145 Å². The van der Waals surface area contributed by atoms with Crippen molar-refractivity contribution in [3.05, 3.63) is 59.3 Å². The van der Waals surface area contributed by atoms with Crippen molar-refractivity contribution in [3.8, 4) is 0 Å². The van der Waals surface area contributed by atoms with Crippen molar-refractivity contribution >= 4 is 0 Å². The summed E-state index contributed by atoms with van der Waals surface area (Å²) in [6.07, 6.45) is 0.519. The van der Waals surface area contributed by atoms with Crippen molar-refractivity contribution in [2.24, 2.45) is 0 Å². The summed E-state index contributed by atoms with van der Waals surface area (Å²) in [5, 5.41) is 11.2. The number of aromatic nitrogens is 5. The van der Waals surface area contributed by atoms with Crippen molar-refractivity contribution in [3.63, 3.8) is 0 Å². The number of H-pyrrole nitrogens is 1. The molecule has 25 heavy (non-hydrogen) atoms. The number of ether oxygens (including phenoxy) is 1. The molecule has 1 N–H and O–H groups in total. The SMILES string of the molecule is Cc1nc([C@H]2CN(Cc3noc(Cc4ccccc4)n3)CCO2)n[nH]1. The van der Waals surface area contributed by atoms with Gasteiger partial charge in [0.2, 0.25) is 5.89 Å². The molecule has 4 rings (SSSR count). The smallest absolute Gasteiger partial charge is 0.231 e. The molecule has 1 fully saturated rings. The first-order valence-corrected chi connectivity index (χ1v) is 8.34. The lowest BCUT2D eigenvalue weighted by Crippen LogP contribution is -2.38. The molecule has 3 heterocycles. The van der Waals surface area contributed by atoms with Gasteiger partial charge in [0.1, 0.15) is 11.9 Å². The van der Waals surface area contributed by atoms with Gasteiger partial charge in [-0.2, -0.15) is 10.1 Å². The first kappa shape index (κ1) is 15.9. The van der Waals surface area contributed by atoms with Crippen LogP contribution in [0.25, 0.3) is 0 Å². The van der Waals surface area contributed by atoms with Gasteiger partial charge in [-0.3, -0.25) is 10.00 Å². The van der Waals surface area contributed by atoms with Crippen LogP contribution in [0.4, 0.5) is 0 Å². The summed E-state index contributed by atoms with van der Waals surface area (Å²) in [6.45, 7) is 4.67. The van der Waals surface area contributed by atoms with Crippen LogP contribution in [0.5, 0.6) is 0 Å². The number of benzene rings is 1. The fourth-order valence-corrected chi connectivity index (χ4v) is 2.90. The Bertz CT molecular complexity index is 815. The molecule has 3 aromatic rings. The highest BCUT2D eigenvalue weighted by atomic mass is 16.5. The molecule has 0 amide bonds. The molecule has 1 saturated heterocycles. The summed E-state index contributed by atoms with van der Waals surface area (Å²) in [5.41, 5.74) is 1.16. The average molecular weight is 340 g/mol. The first-order valence-electron chi connectivity index (χ1n) is 8.34. The molecule has 0 saturated carbocycles. The maximum atomic E-state index is 5.78. The zero-order chi connectivity index (χ0) is 17.1. The van der Waals surface area contributed by atoms with Crippen molar-refractivity contribution in [1.82, 2.24) is 30.2 Å². The molecule has 1 atom stereocenters. The van der Waals surface area contributed by atoms with Crippen LogP contribution in [-0.2, 0) is 17.7 Å². The van der Waals surface area contributed by atoms with E-state index in [9.17, 15) is 0 Å². The van der Waals surface area contributed by atoms with Gasteiger partial charge in [0.15, 0.2) is 11.6 Å². The maximum absolute atomic E-state index is 5.78. The summed E-state index contributed by atoms with van der Waals surface area (Å²) in [7, 11) is 0. The molecule has 8 heteroatoms. The lowest BCUT2D eigenvalue weighted by Gasteiger charge is -2.30. The van der Waals surface area contributed by atoms with E-state index in [1.54, 1.807) is 0 Å². The predicted molar refractivity (Wildman–Crippen MR) is 88.6 cm³/mol. The second-order valence-corrected chi connectivity index (χ2v) is 6.14. The van der Waals surface area contributed by atoms with E-state index in [-0.39, 0.29) is 6.10 Å². The Balaban J connectivity index is 1.37. The standard InChI is InChI=1S/C17H20N6O2/c1-12-18-17(21-20-12)14-10-23(7-8-24-14)11-15-19-16(25-22-15)9-13-5-3-2-4-6-13/h2-6,14H,7-11H2,1H3,(H,18,20,21)/t14-/m1/s1. The zero-order valence-electron chi connectivity index (χ0n) is 14.1. The van der Waals surface area contributed by atoms with Crippen LogP contribution in [0.3, 0.4) is 0 Å². The number of nitrogens with zero attached hydrogens (tertiary/aromatic N) is 5. The van der Waals surface area contributed by atoms with Crippen LogP contribution in [-0.4, -0.2) is 49.9 Å². The largest absolute Gasteiger partial charge is 0.367 e. The highest BCUT2D eigenvalue weighted by Gasteiger charge is 2.26. The molecule has 1 aliphatic rings. The van der Waals surface area contributed by atoms with Gasteiger partial charge in [-0.15, -0.1) is 0 Å².